The number of carbonyl (C=O) groups excluding carboxylic acids is 1. The molecule has 1 aliphatic heterocycles. The van der Waals surface area contributed by atoms with Crippen molar-refractivity contribution in [3.05, 3.63) is 32.6 Å². The zero-order valence-electron chi connectivity index (χ0n) is 12.2. The topological polar surface area (TPSA) is 101 Å². The molecule has 0 saturated carbocycles. The Balaban J connectivity index is 0.00000220. The van der Waals surface area contributed by atoms with E-state index in [1.807, 2.05) is 0 Å². The lowest BCUT2D eigenvalue weighted by atomic mass is 9.92. The van der Waals surface area contributed by atoms with Gasteiger partial charge in [-0.2, -0.15) is 0 Å². The maximum Gasteiger partial charge on any atom is 0.328 e. The highest BCUT2D eigenvalue weighted by atomic mass is 35.5. The minimum absolute atomic E-state index is 0. The van der Waals surface area contributed by atoms with Crippen LogP contribution in [-0.2, 0) is 7.05 Å². The van der Waals surface area contributed by atoms with Gasteiger partial charge in [0.05, 0.1) is 0 Å². The molecule has 1 aliphatic rings. The number of carbonyl (C=O) groups is 1. The molecule has 1 fully saturated rings. The summed E-state index contributed by atoms with van der Waals surface area (Å²) in [6.07, 6.45) is 3.02. The third-order valence-electron chi connectivity index (χ3n) is 3.85. The summed E-state index contributed by atoms with van der Waals surface area (Å²) in [4.78, 5) is 39.4. The number of hydrogen-bond donors (Lipinski definition) is 2. The molecule has 1 amide bonds. The Morgan fingerprint density at radius 3 is 2.76 bits per heavy atom. The van der Waals surface area contributed by atoms with E-state index in [-0.39, 0.29) is 29.9 Å². The quantitative estimate of drug-likeness (QED) is 0.781. The van der Waals surface area contributed by atoms with E-state index < -0.39 is 11.2 Å². The van der Waals surface area contributed by atoms with Crippen molar-refractivity contribution < 1.29 is 4.79 Å². The summed E-state index contributed by atoms with van der Waals surface area (Å²) < 4.78 is 1.19. The van der Waals surface area contributed by atoms with Crippen molar-refractivity contribution in [1.82, 2.24) is 14.5 Å². The Hall–Kier alpha value is -1.60. The molecular weight excluding hydrogens is 296 g/mol. The van der Waals surface area contributed by atoms with Crippen LogP contribution >= 0.6 is 12.4 Å². The van der Waals surface area contributed by atoms with E-state index in [2.05, 4.69) is 11.9 Å². The SMILES string of the molecule is CC1CCN(C(=O)c2cn(C)c(=O)[nH]c2=O)C(CN)C1.Cl. The summed E-state index contributed by atoms with van der Waals surface area (Å²) in [5.41, 5.74) is 4.54. The molecule has 1 aromatic rings. The van der Waals surface area contributed by atoms with E-state index in [0.717, 1.165) is 12.8 Å². The van der Waals surface area contributed by atoms with Crippen LogP contribution in [0, 0.1) is 5.92 Å². The van der Waals surface area contributed by atoms with E-state index in [0.29, 0.717) is 19.0 Å². The fourth-order valence-corrected chi connectivity index (χ4v) is 2.61. The van der Waals surface area contributed by atoms with Gasteiger partial charge < -0.3 is 15.2 Å². The van der Waals surface area contributed by atoms with Gasteiger partial charge in [0.25, 0.3) is 11.5 Å². The molecule has 8 heteroatoms. The lowest BCUT2D eigenvalue weighted by Crippen LogP contribution is -2.50. The molecule has 1 saturated heterocycles. The fourth-order valence-electron chi connectivity index (χ4n) is 2.61. The molecule has 118 valence electrons. The van der Waals surface area contributed by atoms with Crippen LogP contribution in [0.4, 0.5) is 0 Å². The first-order valence-electron chi connectivity index (χ1n) is 6.75. The highest BCUT2D eigenvalue weighted by molar-refractivity contribution is 5.93. The van der Waals surface area contributed by atoms with Gasteiger partial charge in [-0.15, -0.1) is 12.4 Å². The predicted molar refractivity (Wildman–Crippen MR) is 81.8 cm³/mol. The number of halogens is 1. The van der Waals surface area contributed by atoms with Crippen LogP contribution in [0.25, 0.3) is 0 Å². The zero-order chi connectivity index (χ0) is 14.9. The second kappa shape index (κ2) is 6.91. The van der Waals surface area contributed by atoms with Crippen molar-refractivity contribution in [2.75, 3.05) is 13.1 Å². The number of rotatable bonds is 2. The minimum atomic E-state index is -0.646. The van der Waals surface area contributed by atoms with Crippen molar-refractivity contribution in [3.8, 4) is 0 Å². The van der Waals surface area contributed by atoms with Crippen LogP contribution in [0.1, 0.15) is 30.1 Å². The number of amides is 1. The van der Waals surface area contributed by atoms with E-state index >= 15 is 0 Å². The molecule has 0 bridgehead atoms. The number of nitrogens with two attached hydrogens (primary N) is 1. The van der Waals surface area contributed by atoms with Gasteiger partial charge in [-0.25, -0.2) is 4.79 Å². The maximum absolute atomic E-state index is 12.5. The second-order valence-electron chi connectivity index (χ2n) is 5.43. The molecule has 3 N–H and O–H groups in total. The first kappa shape index (κ1) is 17.5. The highest BCUT2D eigenvalue weighted by Gasteiger charge is 2.30. The van der Waals surface area contributed by atoms with Gasteiger partial charge >= 0.3 is 5.69 Å². The average Bonchev–Trinajstić information content (AvgIpc) is 2.42. The smallest absolute Gasteiger partial charge is 0.328 e. The number of aromatic amines is 1. The molecule has 0 aliphatic carbocycles. The number of piperidine rings is 1. The number of aryl methyl sites for hydroxylation is 1. The molecule has 2 heterocycles. The van der Waals surface area contributed by atoms with Crippen molar-refractivity contribution in [1.29, 1.82) is 0 Å². The molecule has 0 spiro atoms. The summed E-state index contributed by atoms with van der Waals surface area (Å²) >= 11 is 0. The van der Waals surface area contributed by atoms with E-state index in [9.17, 15) is 14.4 Å². The molecule has 7 nitrogen and oxygen atoms in total. The lowest BCUT2D eigenvalue weighted by molar-refractivity contribution is 0.0570. The number of hydrogen-bond acceptors (Lipinski definition) is 4. The van der Waals surface area contributed by atoms with Gasteiger partial charge in [-0.3, -0.25) is 14.6 Å². The van der Waals surface area contributed by atoms with Crippen molar-refractivity contribution in [2.24, 2.45) is 18.7 Å². The molecule has 2 atom stereocenters. The van der Waals surface area contributed by atoms with Gasteiger partial charge in [0.15, 0.2) is 0 Å². The van der Waals surface area contributed by atoms with Crippen molar-refractivity contribution in [2.45, 2.75) is 25.8 Å². The number of likely N-dealkylation sites (tertiary alicyclic amines) is 1. The van der Waals surface area contributed by atoms with Crippen LogP contribution in [0.15, 0.2) is 15.8 Å². The first-order chi connectivity index (χ1) is 9.43. The number of aromatic nitrogens is 2. The third kappa shape index (κ3) is 3.54. The zero-order valence-corrected chi connectivity index (χ0v) is 13.0. The summed E-state index contributed by atoms with van der Waals surface area (Å²) in [5.74, 6) is 0.162. The summed E-state index contributed by atoms with van der Waals surface area (Å²) in [7, 11) is 1.49. The number of H-pyrrole nitrogens is 1. The minimum Gasteiger partial charge on any atom is -0.334 e. The van der Waals surface area contributed by atoms with E-state index in [1.165, 1.54) is 17.8 Å². The van der Waals surface area contributed by atoms with E-state index in [1.54, 1.807) is 4.90 Å². The third-order valence-corrected chi connectivity index (χ3v) is 3.85. The van der Waals surface area contributed by atoms with Crippen molar-refractivity contribution in [3.63, 3.8) is 0 Å². The summed E-state index contributed by atoms with van der Waals surface area (Å²) in [6, 6.07) is -0.0529. The number of nitrogens with zero attached hydrogens (tertiary/aromatic N) is 2. The predicted octanol–water partition coefficient (Wildman–Crippen LogP) is -0.305. The Kier molecular flexibility index (Phi) is 5.74. The Morgan fingerprint density at radius 2 is 2.14 bits per heavy atom. The first-order valence-corrected chi connectivity index (χ1v) is 6.75. The average molecular weight is 317 g/mol. The van der Waals surface area contributed by atoms with Crippen LogP contribution in [-0.4, -0.2) is 39.5 Å². The molecule has 1 aromatic heterocycles. The van der Waals surface area contributed by atoms with Gasteiger partial charge in [-0.05, 0) is 18.8 Å². The summed E-state index contributed by atoms with van der Waals surface area (Å²) in [6.45, 7) is 3.09. The van der Waals surface area contributed by atoms with Gasteiger partial charge in [0.2, 0.25) is 0 Å². The van der Waals surface area contributed by atoms with Crippen molar-refractivity contribution >= 4 is 18.3 Å². The molecule has 2 unspecified atom stereocenters. The molecule has 2 rings (SSSR count). The van der Waals surface area contributed by atoms with Crippen LogP contribution in [0.3, 0.4) is 0 Å². The Bertz CT molecular complexity index is 625. The molecule has 0 aromatic carbocycles. The number of nitrogens with one attached hydrogen (secondary N) is 1. The van der Waals surface area contributed by atoms with Crippen LogP contribution in [0.5, 0.6) is 0 Å². The molecule has 21 heavy (non-hydrogen) atoms. The van der Waals surface area contributed by atoms with Gasteiger partial charge in [0.1, 0.15) is 5.56 Å². The van der Waals surface area contributed by atoms with Crippen LogP contribution < -0.4 is 17.0 Å². The molecule has 0 radical (unpaired) electrons. The van der Waals surface area contributed by atoms with Gasteiger partial charge in [-0.1, -0.05) is 6.92 Å². The van der Waals surface area contributed by atoms with Gasteiger partial charge in [0, 0.05) is 32.4 Å². The lowest BCUT2D eigenvalue weighted by Gasteiger charge is -2.37. The standard InChI is InChI=1S/C13H20N4O3.ClH/c1-8-3-4-17(9(5-8)6-14)12(19)10-7-16(2)13(20)15-11(10)18;/h7-9H,3-6,14H2,1-2H3,(H,15,18,20);1H. The second-order valence-corrected chi connectivity index (χ2v) is 5.43. The largest absolute Gasteiger partial charge is 0.334 e. The van der Waals surface area contributed by atoms with E-state index in [4.69, 9.17) is 5.73 Å². The van der Waals surface area contributed by atoms with Crippen LogP contribution in [0.2, 0.25) is 0 Å². The normalized spacial score (nSPS) is 21.8. The Labute approximate surface area is 128 Å². The summed E-state index contributed by atoms with van der Waals surface area (Å²) in [5, 5.41) is 0. The fraction of sp³-hybridized carbons (Fsp3) is 0.615. The Morgan fingerprint density at radius 1 is 1.48 bits per heavy atom. The maximum atomic E-state index is 12.5. The molecular formula is C13H21ClN4O3. The monoisotopic (exact) mass is 316 g/mol. The highest BCUT2D eigenvalue weighted by Crippen LogP contribution is 2.22.